The molecule has 1 aromatic carbocycles. The van der Waals surface area contributed by atoms with Crippen molar-refractivity contribution in [3.05, 3.63) is 46.4 Å². The van der Waals surface area contributed by atoms with Crippen molar-refractivity contribution in [2.24, 2.45) is 0 Å². The van der Waals surface area contributed by atoms with Crippen LogP contribution in [0.2, 0.25) is 0 Å². The Morgan fingerprint density at radius 2 is 2.07 bits per heavy atom. The maximum atomic E-state index is 12.9. The van der Waals surface area contributed by atoms with Crippen LogP contribution in [0, 0.1) is 0 Å². The Bertz CT molecular complexity index is 922. The molecule has 6 nitrogen and oxygen atoms in total. The number of benzene rings is 1. The lowest BCUT2D eigenvalue weighted by atomic mass is 9.95. The van der Waals surface area contributed by atoms with E-state index in [1.807, 2.05) is 6.92 Å². The number of amides is 1. The zero-order chi connectivity index (χ0) is 21.0. The largest absolute Gasteiger partial charge is 0.487 e. The van der Waals surface area contributed by atoms with Crippen LogP contribution in [-0.4, -0.2) is 40.0 Å². The Hall–Kier alpha value is -1.99. The Morgan fingerprint density at radius 3 is 2.66 bits per heavy atom. The summed E-state index contributed by atoms with van der Waals surface area (Å²) in [6.07, 6.45) is 1.08. The Labute approximate surface area is 173 Å². The van der Waals surface area contributed by atoms with Crippen LogP contribution >= 0.6 is 21.0 Å². The minimum Gasteiger partial charge on any atom is -0.487 e. The third-order valence-corrected chi connectivity index (χ3v) is 5.38. The number of rotatable bonds is 7. The first kappa shape index (κ1) is 21.7. The summed E-state index contributed by atoms with van der Waals surface area (Å²) in [6, 6.07) is 7.87. The van der Waals surface area contributed by atoms with Gasteiger partial charge in [0.1, 0.15) is 5.75 Å². The summed E-state index contributed by atoms with van der Waals surface area (Å²) in [5, 5.41) is 3.37. The Kier molecular flexibility index (Phi) is 6.90. The number of ether oxygens (including phenoxy) is 1. The summed E-state index contributed by atoms with van der Waals surface area (Å²) in [5.74, 6) is 1.04. The van der Waals surface area contributed by atoms with Crippen molar-refractivity contribution in [1.29, 1.82) is 0 Å². The number of thioether (sulfide) groups is 1. The van der Waals surface area contributed by atoms with Crippen LogP contribution in [0.3, 0.4) is 0 Å². The number of hydrogen-bond donors (Lipinski definition) is 1. The number of nitrogens with one attached hydrogen (secondary N) is 1. The minimum absolute atomic E-state index is 0.00983. The first-order valence-electron chi connectivity index (χ1n) is 9.20. The molecule has 1 amide bonds. The minimum atomic E-state index is -3.00. The second-order valence-corrected chi connectivity index (χ2v) is 8.73. The van der Waals surface area contributed by atoms with Gasteiger partial charge in [0, 0.05) is 24.9 Å². The second-order valence-electron chi connectivity index (χ2n) is 6.65. The molecule has 2 heterocycles. The van der Waals surface area contributed by atoms with Crippen molar-refractivity contribution in [1.82, 2.24) is 14.9 Å². The van der Waals surface area contributed by atoms with Crippen LogP contribution in [0.4, 0.5) is 8.78 Å². The van der Waals surface area contributed by atoms with Gasteiger partial charge in [-0.05, 0) is 36.4 Å². The molecule has 2 atom stereocenters. The molecular formula is C19H22F2N3O3PS. The fourth-order valence-electron chi connectivity index (χ4n) is 3.01. The maximum absolute atomic E-state index is 12.9. The quantitative estimate of drug-likeness (QED) is 0.406. The molecule has 1 aliphatic heterocycles. The fraction of sp³-hybridized carbons (Fsp3) is 0.421. The zero-order valence-corrected chi connectivity index (χ0v) is 17.8. The predicted octanol–water partition coefficient (Wildman–Crippen LogP) is 3.18. The highest BCUT2D eigenvalue weighted by Crippen LogP contribution is 2.27. The van der Waals surface area contributed by atoms with Gasteiger partial charge in [0.15, 0.2) is 11.8 Å². The van der Waals surface area contributed by atoms with E-state index in [0.29, 0.717) is 35.9 Å². The summed E-state index contributed by atoms with van der Waals surface area (Å²) >= 11 is 1.44. The lowest BCUT2D eigenvalue weighted by molar-refractivity contribution is -0.122. The molecule has 3 rings (SSSR count). The zero-order valence-electron chi connectivity index (χ0n) is 15.9. The molecule has 0 aliphatic carbocycles. The molecule has 1 aliphatic rings. The average molecular weight is 441 g/mol. The number of halogens is 2. The molecule has 1 fully saturated rings. The van der Waals surface area contributed by atoms with E-state index in [1.165, 1.54) is 31.6 Å². The van der Waals surface area contributed by atoms with Crippen molar-refractivity contribution >= 4 is 26.9 Å². The summed E-state index contributed by atoms with van der Waals surface area (Å²) < 4.78 is 32.4. The van der Waals surface area contributed by atoms with Gasteiger partial charge in [0.2, 0.25) is 5.91 Å². The highest BCUT2D eigenvalue weighted by atomic mass is 32.2. The number of carbonyl (C=O) groups is 1. The van der Waals surface area contributed by atoms with E-state index >= 15 is 0 Å². The standard InChI is InChI=1S/C19H22F2N3O3PS/c1-2-29-18-23-15(12-3-8-16(25)22-10-12)9-17(26)24(18)13-4-6-14(7-5-13)27-11-19(20,21)28/h4-7,9,12H,2-3,8,10-11,28H2,1H3,(H,22,25). The number of piperidine rings is 1. The number of nitrogens with zero attached hydrogens (tertiary/aromatic N) is 2. The first-order chi connectivity index (χ1) is 13.8. The smallest absolute Gasteiger partial charge is 0.291 e. The van der Waals surface area contributed by atoms with Crippen LogP contribution in [0.15, 0.2) is 40.3 Å². The van der Waals surface area contributed by atoms with Gasteiger partial charge in [-0.25, -0.2) is 4.98 Å². The average Bonchev–Trinajstić information content (AvgIpc) is 2.67. The van der Waals surface area contributed by atoms with E-state index in [1.54, 1.807) is 24.3 Å². The van der Waals surface area contributed by atoms with Gasteiger partial charge >= 0.3 is 0 Å². The van der Waals surface area contributed by atoms with Crippen LogP contribution in [0.25, 0.3) is 5.69 Å². The molecule has 2 aromatic rings. The predicted molar refractivity (Wildman–Crippen MR) is 111 cm³/mol. The number of carbonyl (C=O) groups excluding carboxylic acids is 1. The summed E-state index contributed by atoms with van der Waals surface area (Å²) in [6.45, 7) is 1.69. The van der Waals surface area contributed by atoms with Crippen LogP contribution in [0.1, 0.15) is 31.4 Å². The van der Waals surface area contributed by atoms with E-state index in [9.17, 15) is 18.4 Å². The van der Waals surface area contributed by atoms with Gasteiger partial charge in [0.05, 0.1) is 11.4 Å². The van der Waals surface area contributed by atoms with Gasteiger partial charge in [-0.2, -0.15) is 8.78 Å². The van der Waals surface area contributed by atoms with E-state index in [2.05, 4.69) is 10.3 Å². The molecular weight excluding hydrogens is 419 g/mol. The molecule has 0 bridgehead atoms. The van der Waals surface area contributed by atoms with Gasteiger partial charge < -0.3 is 10.1 Å². The first-order valence-corrected chi connectivity index (χ1v) is 10.8. The SMILES string of the molecule is CCSc1nc(C2CCC(=O)NC2)cc(=O)n1-c1ccc(OCC(F)(F)P)cc1. The lowest BCUT2D eigenvalue weighted by Gasteiger charge is -2.23. The molecule has 0 radical (unpaired) electrons. The third kappa shape index (κ3) is 5.76. The number of hydrogen-bond acceptors (Lipinski definition) is 5. The Balaban J connectivity index is 1.88. The molecule has 0 saturated carbocycles. The maximum Gasteiger partial charge on any atom is 0.291 e. The molecule has 29 heavy (non-hydrogen) atoms. The van der Waals surface area contributed by atoms with Gasteiger partial charge in [-0.15, -0.1) is 0 Å². The third-order valence-electron chi connectivity index (χ3n) is 4.39. The number of aromatic nitrogens is 2. The van der Waals surface area contributed by atoms with Crippen molar-refractivity contribution < 1.29 is 18.3 Å². The summed E-state index contributed by atoms with van der Waals surface area (Å²) in [7, 11) is 1.43. The van der Waals surface area contributed by atoms with Crippen molar-refractivity contribution in [3.8, 4) is 11.4 Å². The molecule has 10 heteroatoms. The molecule has 1 aromatic heterocycles. The van der Waals surface area contributed by atoms with Crippen molar-refractivity contribution in [2.45, 2.75) is 36.5 Å². The van der Waals surface area contributed by atoms with E-state index in [0.717, 1.165) is 5.75 Å². The van der Waals surface area contributed by atoms with Gasteiger partial charge in [-0.1, -0.05) is 27.9 Å². The van der Waals surface area contributed by atoms with Crippen molar-refractivity contribution in [2.75, 3.05) is 18.9 Å². The van der Waals surface area contributed by atoms with Crippen LogP contribution < -0.4 is 15.6 Å². The number of alkyl halides is 2. The Morgan fingerprint density at radius 1 is 1.34 bits per heavy atom. The van der Waals surface area contributed by atoms with Gasteiger partial charge in [0.25, 0.3) is 11.2 Å². The normalized spacial score (nSPS) is 17.1. The van der Waals surface area contributed by atoms with Crippen LogP contribution in [0.5, 0.6) is 5.75 Å². The molecule has 1 N–H and O–H groups in total. The molecule has 156 valence electrons. The highest BCUT2D eigenvalue weighted by molar-refractivity contribution is 7.99. The molecule has 2 unspecified atom stereocenters. The van der Waals surface area contributed by atoms with Gasteiger partial charge in [-0.3, -0.25) is 14.2 Å². The highest BCUT2D eigenvalue weighted by Gasteiger charge is 2.24. The fourth-order valence-corrected chi connectivity index (χ4v) is 3.84. The van der Waals surface area contributed by atoms with E-state index in [-0.39, 0.29) is 23.1 Å². The second kappa shape index (κ2) is 9.22. The topological polar surface area (TPSA) is 73.2 Å². The molecule has 0 spiro atoms. The van der Waals surface area contributed by atoms with E-state index < -0.39 is 12.3 Å². The van der Waals surface area contributed by atoms with Crippen LogP contribution in [-0.2, 0) is 4.79 Å². The summed E-state index contributed by atoms with van der Waals surface area (Å²) in [4.78, 5) is 28.9. The van der Waals surface area contributed by atoms with Crippen molar-refractivity contribution in [3.63, 3.8) is 0 Å². The molecule has 1 saturated heterocycles. The summed E-state index contributed by atoms with van der Waals surface area (Å²) in [5.41, 5.74) is -1.98. The lowest BCUT2D eigenvalue weighted by Crippen LogP contribution is -2.35. The monoisotopic (exact) mass is 441 g/mol. The van der Waals surface area contributed by atoms with E-state index in [4.69, 9.17) is 4.74 Å².